The SMILES string of the molecule is CC(C)[C@H](N)c1ccccc1Br. The molecular weight excluding hydrogens is 214 g/mol. The summed E-state index contributed by atoms with van der Waals surface area (Å²) in [4.78, 5) is 0. The van der Waals surface area contributed by atoms with Gasteiger partial charge in [0.25, 0.3) is 0 Å². The van der Waals surface area contributed by atoms with Gasteiger partial charge in [0.15, 0.2) is 0 Å². The third-order valence-corrected chi connectivity index (χ3v) is 2.70. The highest BCUT2D eigenvalue weighted by Gasteiger charge is 2.12. The lowest BCUT2D eigenvalue weighted by molar-refractivity contribution is 0.512. The third kappa shape index (κ3) is 2.08. The Kier molecular flexibility index (Phi) is 3.29. The van der Waals surface area contributed by atoms with E-state index in [-0.39, 0.29) is 6.04 Å². The summed E-state index contributed by atoms with van der Waals surface area (Å²) >= 11 is 3.49. The van der Waals surface area contributed by atoms with Gasteiger partial charge in [-0.15, -0.1) is 0 Å². The molecule has 2 N–H and O–H groups in total. The molecule has 0 heterocycles. The van der Waals surface area contributed by atoms with Crippen LogP contribution >= 0.6 is 15.9 Å². The summed E-state index contributed by atoms with van der Waals surface area (Å²) in [5.74, 6) is 0.476. The Bertz CT molecular complexity index is 258. The first kappa shape index (κ1) is 9.75. The molecular formula is C10H14BrN. The van der Waals surface area contributed by atoms with Crippen molar-refractivity contribution < 1.29 is 0 Å². The molecule has 0 aliphatic heterocycles. The van der Waals surface area contributed by atoms with Crippen molar-refractivity contribution in [2.24, 2.45) is 11.7 Å². The molecule has 0 unspecified atom stereocenters. The van der Waals surface area contributed by atoms with E-state index in [0.717, 1.165) is 4.47 Å². The lowest BCUT2D eigenvalue weighted by Gasteiger charge is -2.17. The van der Waals surface area contributed by atoms with Crippen molar-refractivity contribution in [2.45, 2.75) is 19.9 Å². The Labute approximate surface area is 82.1 Å². The highest BCUT2D eigenvalue weighted by Crippen LogP contribution is 2.25. The summed E-state index contributed by atoms with van der Waals surface area (Å²) < 4.78 is 1.10. The molecule has 12 heavy (non-hydrogen) atoms. The molecule has 2 heteroatoms. The Hall–Kier alpha value is -0.340. The van der Waals surface area contributed by atoms with Crippen LogP contribution in [0.25, 0.3) is 0 Å². The molecule has 0 fully saturated rings. The van der Waals surface area contributed by atoms with E-state index in [1.807, 2.05) is 18.2 Å². The number of nitrogens with two attached hydrogens (primary N) is 1. The van der Waals surface area contributed by atoms with Gasteiger partial charge in [-0.3, -0.25) is 0 Å². The standard InChI is InChI=1S/C10H14BrN/c1-7(2)10(12)8-5-3-4-6-9(8)11/h3-7,10H,12H2,1-2H3/t10-/m0/s1. The largest absolute Gasteiger partial charge is 0.324 e. The van der Waals surface area contributed by atoms with Crippen LogP contribution in [0, 0.1) is 5.92 Å². The monoisotopic (exact) mass is 227 g/mol. The lowest BCUT2D eigenvalue weighted by Crippen LogP contribution is -2.16. The second-order valence-electron chi connectivity index (χ2n) is 3.29. The molecule has 0 aromatic heterocycles. The van der Waals surface area contributed by atoms with Crippen molar-refractivity contribution >= 4 is 15.9 Å². The summed E-state index contributed by atoms with van der Waals surface area (Å²) in [6.07, 6.45) is 0. The van der Waals surface area contributed by atoms with Crippen molar-refractivity contribution in [3.63, 3.8) is 0 Å². The first-order chi connectivity index (χ1) is 5.63. The zero-order chi connectivity index (χ0) is 9.14. The van der Waals surface area contributed by atoms with Gasteiger partial charge in [-0.2, -0.15) is 0 Å². The molecule has 0 amide bonds. The number of rotatable bonds is 2. The summed E-state index contributed by atoms with van der Waals surface area (Å²) in [7, 11) is 0. The lowest BCUT2D eigenvalue weighted by atomic mass is 9.97. The van der Waals surface area contributed by atoms with Gasteiger partial charge in [-0.05, 0) is 17.5 Å². The number of hydrogen-bond acceptors (Lipinski definition) is 1. The van der Waals surface area contributed by atoms with Crippen LogP contribution < -0.4 is 5.73 Å². The van der Waals surface area contributed by atoms with Crippen LogP contribution in [0.3, 0.4) is 0 Å². The first-order valence-corrected chi connectivity index (χ1v) is 4.92. The van der Waals surface area contributed by atoms with Crippen LogP contribution in [-0.2, 0) is 0 Å². The van der Waals surface area contributed by atoms with Crippen LogP contribution in [0.5, 0.6) is 0 Å². The topological polar surface area (TPSA) is 26.0 Å². The van der Waals surface area contributed by atoms with Crippen molar-refractivity contribution in [3.05, 3.63) is 34.3 Å². The van der Waals surface area contributed by atoms with Gasteiger partial charge in [-0.1, -0.05) is 48.0 Å². The predicted molar refractivity (Wildman–Crippen MR) is 55.9 cm³/mol. The smallest absolute Gasteiger partial charge is 0.0329 e. The van der Waals surface area contributed by atoms with Gasteiger partial charge in [0.2, 0.25) is 0 Å². The van der Waals surface area contributed by atoms with Gasteiger partial charge < -0.3 is 5.73 Å². The van der Waals surface area contributed by atoms with E-state index in [4.69, 9.17) is 5.73 Å². The molecule has 1 nitrogen and oxygen atoms in total. The Morgan fingerprint density at radius 3 is 2.33 bits per heavy atom. The first-order valence-electron chi connectivity index (χ1n) is 4.13. The zero-order valence-corrected chi connectivity index (χ0v) is 9.01. The fourth-order valence-electron chi connectivity index (χ4n) is 1.10. The quantitative estimate of drug-likeness (QED) is 0.826. The maximum absolute atomic E-state index is 6.01. The molecule has 1 rings (SSSR count). The van der Waals surface area contributed by atoms with E-state index in [2.05, 4.69) is 35.8 Å². The molecule has 1 aromatic carbocycles. The maximum atomic E-state index is 6.01. The normalized spacial score (nSPS) is 13.4. The minimum absolute atomic E-state index is 0.126. The molecule has 0 spiro atoms. The van der Waals surface area contributed by atoms with Gasteiger partial charge in [0.1, 0.15) is 0 Å². The molecule has 0 aliphatic rings. The number of benzene rings is 1. The van der Waals surface area contributed by atoms with E-state index in [0.29, 0.717) is 5.92 Å². The maximum Gasteiger partial charge on any atom is 0.0329 e. The average molecular weight is 228 g/mol. The van der Waals surface area contributed by atoms with Crippen molar-refractivity contribution in [3.8, 4) is 0 Å². The highest BCUT2D eigenvalue weighted by atomic mass is 79.9. The minimum atomic E-state index is 0.126. The van der Waals surface area contributed by atoms with Gasteiger partial charge in [-0.25, -0.2) is 0 Å². The fraction of sp³-hybridized carbons (Fsp3) is 0.400. The van der Waals surface area contributed by atoms with Gasteiger partial charge in [0.05, 0.1) is 0 Å². The fourth-order valence-corrected chi connectivity index (χ4v) is 1.65. The van der Waals surface area contributed by atoms with Crippen molar-refractivity contribution in [1.29, 1.82) is 0 Å². The predicted octanol–water partition coefficient (Wildman–Crippen LogP) is 3.10. The van der Waals surface area contributed by atoms with Crippen LogP contribution in [0.15, 0.2) is 28.7 Å². The van der Waals surface area contributed by atoms with Crippen molar-refractivity contribution in [2.75, 3.05) is 0 Å². The van der Waals surface area contributed by atoms with E-state index < -0.39 is 0 Å². The summed E-state index contributed by atoms with van der Waals surface area (Å²) in [5.41, 5.74) is 7.20. The highest BCUT2D eigenvalue weighted by molar-refractivity contribution is 9.10. The van der Waals surface area contributed by atoms with Gasteiger partial charge >= 0.3 is 0 Å². The summed E-state index contributed by atoms with van der Waals surface area (Å²) in [5, 5.41) is 0. The summed E-state index contributed by atoms with van der Waals surface area (Å²) in [6, 6.07) is 8.23. The second kappa shape index (κ2) is 4.06. The van der Waals surface area contributed by atoms with Crippen LogP contribution in [0.2, 0.25) is 0 Å². The van der Waals surface area contributed by atoms with Crippen LogP contribution in [0.1, 0.15) is 25.5 Å². The van der Waals surface area contributed by atoms with Crippen LogP contribution in [0.4, 0.5) is 0 Å². The minimum Gasteiger partial charge on any atom is -0.324 e. The molecule has 0 saturated carbocycles. The molecule has 66 valence electrons. The van der Waals surface area contributed by atoms with E-state index >= 15 is 0 Å². The Morgan fingerprint density at radius 1 is 1.25 bits per heavy atom. The van der Waals surface area contributed by atoms with Crippen molar-refractivity contribution in [1.82, 2.24) is 0 Å². The zero-order valence-electron chi connectivity index (χ0n) is 7.42. The van der Waals surface area contributed by atoms with Gasteiger partial charge in [0, 0.05) is 10.5 Å². The van der Waals surface area contributed by atoms with Crippen LogP contribution in [-0.4, -0.2) is 0 Å². The Balaban J connectivity index is 2.94. The van der Waals surface area contributed by atoms with E-state index in [1.165, 1.54) is 5.56 Å². The molecule has 0 aliphatic carbocycles. The average Bonchev–Trinajstić information content (AvgIpc) is 2.04. The summed E-state index contributed by atoms with van der Waals surface area (Å²) in [6.45, 7) is 4.26. The number of hydrogen-bond donors (Lipinski definition) is 1. The second-order valence-corrected chi connectivity index (χ2v) is 4.15. The third-order valence-electron chi connectivity index (χ3n) is 1.98. The molecule has 0 bridgehead atoms. The molecule has 1 aromatic rings. The number of halogens is 1. The molecule has 1 atom stereocenters. The molecule has 0 radical (unpaired) electrons. The van der Waals surface area contributed by atoms with E-state index in [1.54, 1.807) is 0 Å². The molecule has 0 saturated heterocycles. The Morgan fingerprint density at radius 2 is 1.83 bits per heavy atom. The van der Waals surface area contributed by atoms with E-state index in [9.17, 15) is 0 Å².